The molecular formula is C17H25F2N3O2. The molecule has 5 nitrogen and oxygen atoms in total. The maximum atomic E-state index is 13.2. The van der Waals surface area contributed by atoms with Gasteiger partial charge in [-0.3, -0.25) is 14.3 Å². The number of piperidine rings is 2. The molecule has 3 heterocycles. The molecule has 0 unspecified atom stereocenters. The minimum Gasteiger partial charge on any atom is -0.392 e. The summed E-state index contributed by atoms with van der Waals surface area (Å²) >= 11 is 0. The van der Waals surface area contributed by atoms with E-state index in [2.05, 4.69) is 4.90 Å². The summed E-state index contributed by atoms with van der Waals surface area (Å²) in [5.74, 6) is -0.319. The van der Waals surface area contributed by atoms with Crippen molar-refractivity contribution in [3.8, 4) is 0 Å². The number of likely N-dealkylation sites (tertiary alicyclic amines) is 2. The van der Waals surface area contributed by atoms with Gasteiger partial charge in [0.2, 0.25) is 0 Å². The minimum absolute atomic E-state index is 0.0642. The number of rotatable bonds is 3. The van der Waals surface area contributed by atoms with E-state index in [1.807, 2.05) is 0 Å². The van der Waals surface area contributed by atoms with E-state index in [-0.39, 0.29) is 17.7 Å². The first-order valence-electron chi connectivity index (χ1n) is 8.64. The highest BCUT2D eigenvalue weighted by atomic mass is 19.3. The Balaban J connectivity index is 1.61. The Morgan fingerprint density at radius 3 is 2.54 bits per heavy atom. The van der Waals surface area contributed by atoms with Crippen LogP contribution in [0.2, 0.25) is 0 Å². The van der Waals surface area contributed by atoms with Crippen molar-refractivity contribution in [2.75, 3.05) is 26.2 Å². The molecule has 3 rings (SSSR count). The summed E-state index contributed by atoms with van der Waals surface area (Å²) in [4.78, 5) is 16.6. The number of aliphatic hydroxyl groups is 1. The Morgan fingerprint density at radius 2 is 1.92 bits per heavy atom. The Morgan fingerprint density at radius 1 is 1.21 bits per heavy atom. The molecule has 1 atom stereocenters. The minimum atomic E-state index is -2.70. The molecular weight excluding hydrogens is 316 g/mol. The van der Waals surface area contributed by atoms with Crippen molar-refractivity contribution >= 4 is 5.91 Å². The number of halogens is 2. The van der Waals surface area contributed by atoms with Gasteiger partial charge in [0, 0.05) is 31.4 Å². The average Bonchev–Trinajstić information content (AvgIpc) is 2.96. The number of hydrogen-bond acceptors (Lipinski definition) is 3. The number of alkyl halides is 2. The van der Waals surface area contributed by atoms with Gasteiger partial charge in [0.15, 0.2) is 0 Å². The molecule has 0 bridgehead atoms. The van der Waals surface area contributed by atoms with Crippen LogP contribution in [0.25, 0.3) is 0 Å². The molecule has 1 aromatic heterocycles. The molecule has 134 valence electrons. The van der Waals surface area contributed by atoms with Gasteiger partial charge in [-0.2, -0.15) is 8.78 Å². The van der Waals surface area contributed by atoms with Crippen LogP contribution in [-0.2, 0) is 0 Å². The average molecular weight is 341 g/mol. The van der Waals surface area contributed by atoms with Crippen molar-refractivity contribution in [3.63, 3.8) is 0 Å². The fourth-order valence-electron chi connectivity index (χ4n) is 3.89. The van der Waals surface area contributed by atoms with Crippen LogP contribution in [0.5, 0.6) is 0 Å². The lowest BCUT2D eigenvalue weighted by Crippen LogP contribution is -2.50. The van der Waals surface area contributed by atoms with Crippen LogP contribution in [0.1, 0.15) is 48.4 Å². The zero-order valence-corrected chi connectivity index (χ0v) is 14.0. The molecule has 2 fully saturated rings. The van der Waals surface area contributed by atoms with Crippen molar-refractivity contribution < 1.29 is 18.7 Å². The van der Waals surface area contributed by atoms with Gasteiger partial charge in [-0.1, -0.05) is 0 Å². The second kappa shape index (κ2) is 7.19. The van der Waals surface area contributed by atoms with E-state index in [9.17, 15) is 18.7 Å². The number of aromatic nitrogens is 1. The van der Waals surface area contributed by atoms with Crippen LogP contribution < -0.4 is 0 Å². The van der Waals surface area contributed by atoms with Gasteiger partial charge in [0.05, 0.1) is 6.10 Å². The summed E-state index contributed by atoms with van der Waals surface area (Å²) < 4.78 is 27.1. The number of amides is 1. The lowest BCUT2D eigenvalue weighted by atomic mass is 9.99. The number of aryl methyl sites for hydroxylation is 1. The highest BCUT2D eigenvalue weighted by Crippen LogP contribution is 2.24. The zero-order chi connectivity index (χ0) is 17.3. The lowest BCUT2D eigenvalue weighted by Gasteiger charge is -2.41. The van der Waals surface area contributed by atoms with Crippen LogP contribution in [0.15, 0.2) is 12.1 Å². The smallest absolute Gasteiger partial charge is 0.319 e. The summed E-state index contributed by atoms with van der Waals surface area (Å²) in [6, 6.07) is 3.41. The molecule has 1 aromatic rings. The van der Waals surface area contributed by atoms with Gasteiger partial charge >= 0.3 is 6.55 Å². The topological polar surface area (TPSA) is 48.7 Å². The van der Waals surface area contributed by atoms with E-state index in [4.69, 9.17) is 0 Å². The number of β-amino-alcohol motifs (C(OH)–C–C–N with tert-alkyl or cyclic N) is 1. The van der Waals surface area contributed by atoms with Crippen molar-refractivity contribution in [2.24, 2.45) is 0 Å². The van der Waals surface area contributed by atoms with Gasteiger partial charge in [0.1, 0.15) is 5.69 Å². The van der Waals surface area contributed by atoms with Crippen LogP contribution in [0.3, 0.4) is 0 Å². The third-order valence-electron chi connectivity index (χ3n) is 5.23. The molecule has 1 amide bonds. The van der Waals surface area contributed by atoms with Gasteiger partial charge in [-0.15, -0.1) is 0 Å². The van der Waals surface area contributed by atoms with Gasteiger partial charge in [-0.25, -0.2) is 0 Å². The molecule has 0 aliphatic carbocycles. The third kappa shape index (κ3) is 3.47. The molecule has 24 heavy (non-hydrogen) atoms. The van der Waals surface area contributed by atoms with Crippen molar-refractivity contribution in [1.82, 2.24) is 14.4 Å². The molecule has 0 radical (unpaired) electrons. The number of hydrogen-bond donors (Lipinski definition) is 1. The monoisotopic (exact) mass is 341 g/mol. The Bertz CT molecular complexity index is 582. The summed E-state index contributed by atoms with van der Waals surface area (Å²) in [5, 5.41) is 9.80. The normalized spacial score (nSPS) is 23.9. The number of nitrogens with zero attached hydrogens (tertiary/aromatic N) is 3. The van der Waals surface area contributed by atoms with Crippen LogP contribution in [-0.4, -0.2) is 63.7 Å². The van der Waals surface area contributed by atoms with E-state index in [1.165, 1.54) is 6.07 Å². The second-order valence-corrected chi connectivity index (χ2v) is 6.82. The van der Waals surface area contributed by atoms with Crippen LogP contribution in [0.4, 0.5) is 8.78 Å². The SMILES string of the molecule is Cc1ccc(C(=O)N2CCC(N3CCC[C@H](O)C3)CC2)n1C(F)F. The first-order chi connectivity index (χ1) is 11.5. The molecule has 1 N–H and O–H groups in total. The Kier molecular flexibility index (Phi) is 5.20. The summed E-state index contributed by atoms with van der Waals surface area (Å²) in [6.45, 7) is 1.71. The first kappa shape index (κ1) is 17.4. The summed E-state index contributed by atoms with van der Waals surface area (Å²) in [7, 11) is 0. The number of carbonyl (C=O) groups is 1. The van der Waals surface area contributed by atoms with E-state index >= 15 is 0 Å². The predicted molar refractivity (Wildman–Crippen MR) is 86.2 cm³/mol. The van der Waals surface area contributed by atoms with E-state index < -0.39 is 6.55 Å². The van der Waals surface area contributed by atoms with Crippen LogP contribution >= 0.6 is 0 Å². The molecule has 0 spiro atoms. The highest BCUT2D eigenvalue weighted by molar-refractivity contribution is 5.93. The molecule has 2 saturated heterocycles. The first-order valence-corrected chi connectivity index (χ1v) is 8.64. The Labute approximate surface area is 140 Å². The van der Waals surface area contributed by atoms with Gasteiger partial charge in [-0.05, 0) is 51.3 Å². The predicted octanol–water partition coefficient (Wildman–Crippen LogP) is 2.25. The van der Waals surface area contributed by atoms with E-state index in [0.29, 0.717) is 31.4 Å². The molecule has 0 saturated carbocycles. The summed E-state index contributed by atoms with van der Waals surface area (Å²) in [6.07, 6.45) is 3.26. The quantitative estimate of drug-likeness (QED) is 0.917. The maximum Gasteiger partial charge on any atom is 0.319 e. The molecule has 7 heteroatoms. The molecule has 0 aromatic carbocycles. The third-order valence-corrected chi connectivity index (χ3v) is 5.23. The second-order valence-electron chi connectivity index (χ2n) is 6.82. The fourth-order valence-corrected chi connectivity index (χ4v) is 3.89. The van der Waals surface area contributed by atoms with Crippen LogP contribution in [0, 0.1) is 6.92 Å². The number of aliphatic hydroxyl groups excluding tert-OH is 1. The standard InChI is InChI=1S/C17H25F2N3O2/c1-12-4-5-15(22(12)17(18)19)16(24)20-9-6-13(7-10-20)21-8-2-3-14(23)11-21/h4-5,13-14,17,23H,2-3,6-11H2,1H3/t14-/m0/s1. The number of carbonyl (C=O) groups excluding carboxylic acids is 1. The van der Waals surface area contributed by atoms with E-state index in [0.717, 1.165) is 36.8 Å². The summed E-state index contributed by atoms with van der Waals surface area (Å²) in [5.41, 5.74) is 0.458. The van der Waals surface area contributed by atoms with Crippen molar-refractivity contribution in [1.29, 1.82) is 0 Å². The zero-order valence-electron chi connectivity index (χ0n) is 14.0. The van der Waals surface area contributed by atoms with Gasteiger partial charge < -0.3 is 10.0 Å². The Hall–Kier alpha value is -1.47. The highest BCUT2D eigenvalue weighted by Gasteiger charge is 2.31. The largest absolute Gasteiger partial charge is 0.392 e. The van der Waals surface area contributed by atoms with E-state index in [1.54, 1.807) is 17.9 Å². The van der Waals surface area contributed by atoms with Crippen molar-refractivity contribution in [3.05, 3.63) is 23.5 Å². The maximum absolute atomic E-state index is 13.2. The molecule has 2 aliphatic heterocycles. The van der Waals surface area contributed by atoms with Gasteiger partial charge in [0.25, 0.3) is 5.91 Å². The fraction of sp³-hybridized carbons (Fsp3) is 0.706. The molecule has 2 aliphatic rings. The van der Waals surface area contributed by atoms with Crippen molar-refractivity contribution in [2.45, 2.75) is 51.3 Å². The lowest BCUT2D eigenvalue weighted by molar-refractivity contribution is 0.0226.